The average molecular weight is 234 g/mol. The van der Waals surface area contributed by atoms with Crippen molar-refractivity contribution in [2.75, 3.05) is 6.54 Å². The van der Waals surface area contributed by atoms with Gasteiger partial charge in [0, 0.05) is 6.04 Å². The minimum atomic E-state index is -0.961. The minimum absolute atomic E-state index is 0.121. The van der Waals surface area contributed by atoms with Crippen LogP contribution in [0.1, 0.15) is 30.9 Å². The number of hydrogen-bond donors (Lipinski definition) is 3. The van der Waals surface area contributed by atoms with Crippen LogP contribution in [0, 0.1) is 0 Å². The lowest BCUT2D eigenvalue weighted by Crippen LogP contribution is -2.32. The fraction of sp³-hybridized carbons (Fsp3) is 0.462. The van der Waals surface area contributed by atoms with E-state index in [1.807, 2.05) is 30.3 Å². The molecule has 1 fully saturated rings. The highest BCUT2D eigenvalue weighted by Crippen LogP contribution is 2.22. The first-order valence-corrected chi connectivity index (χ1v) is 6.03. The van der Waals surface area contributed by atoms with E-state index in [2.05, 4.69) is 10.6 Å². The third kappa shape index (κ3) is 3.46. The summed E-state index contributed by atoms with van der Waals surface area (Å²) in [7, 11) is 0. The van der Waals surface area contributed by atoms with E-state index in [1.165, 1.54) is 6.42 Å². The Hall–Kier alpha value is -1.55. The molecule has 0 aliphatic carbocycles. The fourth-order valence-corrected chi connectivity index (χ4v) is 2.36. The van der Waals surface area contributed by atoms with Gasteiger partial charge in [0.2, 0.25) is 0 Å². The van der Waals surface area contributed by atoms with Gasteiger partial charge in [0.15, 0.2) is 0 Å². The molecule has 1 aromatic rings. The maximum atomic E-state index is 10.8. The summed E-state index contributed by atoms with van der Waals surface area (Å²) in [6, 6.07) is 10.1. The van der Waals surface area contributed by atoms with Gasteiger partial charge in [0.25, 0.3) is 0 Å². The number of amides is 1. The molecule has 17 heavy (non-hydrogen) atoms. The molecular weight excluding hydrogens is 216 g/mol. The van der Waals surface area contributed by atoms with E-state index in [0.717, 1.165) is 24.9 Å². The van der Waals surface area contributed by atoms with Crippen molar-refractivity contribution in [3.63, 3.8) is 0 Å². The van der Waals surface area contributed by atoms with E-state index in [1.54, 1.807) is 0 Å². The molecule has 1 saturated heterocycles. The maximum Gasteiger partial charge on any atom is 0.405 e. The van der Waals surface area contributed by atoms with Crippen molar-refractivity contribution in [3.8, 4) is 0 Å². The Morgan fingerprint density at radius 2 is 2.24 bits per heavy atom. The van der Waals surface area contributed by atoms with E-state index >= 15 is 0 Å². The maximum absolute atomic E-state index is 10.8. The number of carboxylic acid groups (broad SMARTS) is 1. The highest BCUT2D eigenvalue weighted by atomic mass is 16.4. The summed E-state index contributed by atoms with van der Waals surface area (Å²) in [6.07, 6.45) is 2.16. The van der Waals surface area contributed by atoms with Crippen molar-refractivity contribution < 1.29 is 9.90 Å². The lowest BCUT2D eigenvalue weighted by atomic mass is 9.98. The van der Waals surface area contributed by atoms with Gasteiger partial charge in [-0.05, 0) is 31.4 Å². The molecule has 3 N–H and O–H groups in total. The van der Waals surface area contributed by atoms with Crippen molar-refractivity contribution in [1.29, 1.82) is 0 Å². The SMILES string of the molecule is O=C(O)NC(C[C@H]1CCCN1)c1ccccc1. The molecule has 2 atom stereocenters. The van der Waals surface area contributed by atoms with Crippen molar-refractivity contribution in [3.05, 3.63) is 35.9 Å². The number of nitrogens with one attached hydrogen (secondary N) is 2. The monoisotopic (exact) mass is 234 g/mol. The molecule has 0 bridgehead atoms. The first-order chi connectivity index (χ1) is 8.25. The van der Waals surface area contributed by atoms with Crippen molar-refractivity contribution in [2.45, 2.75) is 31.3 Å². The number of hydrogen-bond acceptors (Lipinski definition) is 2. The fourth-order valence-electron chi connectivity index (χ4n) is 2.36. The van der Waals surface area contributed by atoms with E-state index in [9.17, 15) is 4.79 Å². The molecule has 4 heteroatoms. The summed E-state index contributed by atoms with van der Waals surface area (Å²) in [4.78, 5) is 10.8. The predicted molar refractivity (Wildman–Crippen MR) is 66.0 cm³/mol. The summed E-state index contributed by atoms with van der Waals surface area (Å²) in [5, 5.41) is 14.9. The highest BCUT2D eigenvalue weighted by Gasteiger charge is 2.21. The van der Waals surface area contributed by atoms with Crippen LogP contribution in [-0.2, 0) is 0 Å². The molecule has 1 heterocycles. The van der Waals surface area contributed by atoms with Crippen LogP contribution in [0.2, 0.25) is 0 Å². The minimum Gasteiger partial charge on any atom is -0.465 e. The average Bonchev–Trinajstić information content (AvgIpc) is 2.82. The van der Waals surface area contributed by atoms with Gasteiger partial charge in [0.05, 0.1) is 6.04 Å². The largest absolute Gasteiger partial charge is 0.465 e. The number of rotatable bonds is 4. The molecular formula is C13H18N2O2. The van der Waals surface area contributed by atoms with Crippen LogP contribution in [-0.4, -0.2) is 23.8 Å². The molecule has 0 saturated carbocycles. The quantitative estimate of drug-likeness (QED) is 0.748. The summed E-state index contributed by atoms with van der Waals surface area (Å²) < 4.78 is 0. The first kappa shape index (κ1) is 11.9. The molecule has 1 aromatic carbocycles. The van der Waals surface area contributed by atoms with Crippen LogP contribution in [0.3, 0.4) is 0 Å². The van der Waals surface area contributed by atoms with Gasteiger partial charge >= 0.3 is 6.09 Å². The Morgan fingerprint density at radius 1 is 1.47 bits per heavy atom. The van der Waals surface area contributed by atoms with Crippen LogP contribution in [0.4, 0.5) is 4.79 Å². The molecule has 0 spiro atoms. The second-order valence-corrected chi connectivity index (χ2v) is 4.44. The smallest absolute Gasteiger partial charge is 0.405 e. The number of carbonyl (C=O) groups is 1. The molecule has 1 aliphatic heterocycles. The van der Waals surface area contributed by atoms with Gasteiger partial charge in [-0.2, -0.15) is 0 Å². The molecule has 1 aliphatic rings. The summed E-state index contributed by atoms with van der Waals surface area (Å²) in [6.45, 7) is 1.04. The third-order valence-electron chi connectivity index (χ3n) is 3.18. The molecule has 92 valence electrons. The van der Waals surface area contributed by atoms with Crippen LogP contribution < -0.4 is 10.6 Å². The van der Waals surface area contributed by atoms with Crippen molar-refractivity contribution in [2.24, 2.45) is 0 Å². The summed E-state index contributed by atoms with van der Waals surface area (Å²) >= 11 is 0. The van der Waals surface area contributed by atoms with Crippen LogP contribution in [0.25, 0.3) is 0 Å². The molecule has 1 unspecified atom stereocenters. The highest BCUT2D eigenvalue weighted by molar-refractivity contribution is 5.65. The van der Waals surface area contributed by atoms with Crippen molar-refractivity contribution >= 4 is 6.09 Å². The van der Waals surface area contributed by atoms with E-state index in [-0.39, 0.29) is 6.04 Å². The van der Waals surface area contributed by atoms with Crippen LogP contribution in [0.15, 0.2) is 30.3 Å². The first-order valence-electron chi connectivity index (χ1n) is 6.03. The second kappa shape index (κ2) is 5.68. The van der Waals surface area contributed by atoms with Crippen LogP contribution in [0.5, 0.6) is 0 Å². The molecule has 2 rings (SSSR count). The van der Waals surface area contributed by atoms with Crippen LogP contribution >= 0.6 is 0 Å². The van der Waals surface area contributed by atoms with Gasteiger partial charge in [0.1, 0.15) is 0 Å². The van der Waals surface area contributed by atoms with Gasteiger partial charge in [-0.15, -0.1) is 0 Å². The van der Waals surface area contributed by atoms with E-state index < -0.39 is 6.09 Å². The Morgan fingerprint density at radius 3 is 2.82 bits per heavy atom. The second-order valence-electron chi connectivity index (χ2n) is 4.44. The normalized spacial score (nSPS) is 21.1. The third-order valence-corrected chi connectivity index (χ3v) is 3.18. The van der Waals surface area contributed by atoms with Gasteiger partial charge in [-0.1, -0.05) is 30.3 Å². The summed E-state index contributed by atoms with van der Waals surface area (Å²) in [5.74, 6) is 0. The van der Waals surface area contributed by atoms with E-state index in [0.29, 0.717) is 6.04 Å². The zero-order valence-corrected chi connectivity index (χ0v) is 9.73. The molecule has 0 aromatic heterocycles. The zero-order valence-electron chi connectivity index (χ0n) is 9.73. The predicted octanol–water partition coefficient (Wildman–Crippen LogP) is 2.14. The Balaban J connectivity index is 2.04. The van der Waals surface area contributed by atoms with Gasteiger partial charge in [-0.3, -0.25) is 0 Å². The Labute approximate surface area is 101 Å². The van der Waals surface area contributed by atoms with Gasteiger partial charge < -0.3 is 15.7 Å². The Kier molecular flexibility index (Phi) is 3.98. The molecule has 4 nitrogen and oxygen atoms in total. The zero-order chi connectivity index (χ0) is 12.1. The standard InChI is InChI=1S/C13H18N2O2/c16-13(17)15-12(9-11-7-4-8-14-11)10-5-2-1-3-6-10/h1-3,5-6,11-12,14-15H,4,7-9H2,(H,16,17)/t11-,12?/m1/s1. The molecule has 0 radical (unpaired) electrons. The van der Waals surface area contributed by atoms with Crippen molar-refractivity contribution in [1.82, 2.24) is 10.6 Å². The number of benzene rings is 1. The topological polar surface area (TPSA) is 61.4 Å². The lowest BCUT2D eigenvalue weighted by molar-refractivity contribution is 0.188. The van der Waals surface area contributed by atoms with Gasteiger partial charge in [-0.25, -0.2) is 4.79 Å². The molecule has 1 amide bonds. The van der Waals surface area contributed by atoms with E-state index in [4.69, 9.17) is 5.11 Å². The summed E-state index contributed by atoms with van der Waals surface area (Å²) in [5.41, 5.74) is 1.03. The lowest BCUT2D eigenvalue weighted by Gasteiger charge is -2.21. The Bertz CT molecular complexity index is 361.